The molecular formula is C23H26N2O3S. The number of methoxy groups -OCH3 is 1. The second-order valence-corrected chi connectivity index (χ2v) is 8.97. The van der Waals surface area contributed by atoms with Crippen LogP contribution < -0.4 is 10.1 Å². The highest BCUT2D eigenvalue weighted by molar-refractivity contribution is 8.01. The van der Waals surface area contributed by atoms with Gasteiger partial charge in [0.2, 0.25) is 5.91 Å². The molecule has 1 fully saturated rings. The van der Waals surface area contributed by atoms with E-state index in [-0.39, 0.29) is 23.1 Å². The summed E-state index contributed by atoms with van der Waals surface area (Å²) >= 11 is 1.69. The second kappa shape index (κ2) is 8.49. The number of rotatable bonds is 4. The van der Waals surface area contributed by atoms with Crippen molar-refractivity contribution in [2.75, 3.05) is 20.2 Å². The van der Waals surface area contributed by atoms with E-state index < -0.39 is 0 Å². The first-order valence-corrected chi connectivity index (χ1v) is 10.9. The lowest BCUT2D eigenvalue weighted by Gasteiger charge is -2.33. The highest BCUT2D eigenvalue weighted by Gasteiger charge is 2.33. The molecule has 1 N–H and O–H groups in total. The van der Waals surface area contributed by atoms with Gasteiger partial charge in [-0.2, -0.15) is 0 Å². The molecule has 0 bridgehead atoms. The van der Waals surface area contributed by atoms with Gasteiger partial charge in [0.1, 0.15) is 5.75 Å². The van der Waals surface area contributed by atoms with E-state index in [0.717, 1.165) is 19.3 Å². The Kier molecular flexibility index (Phi) is 5.81. The van der Waals surface area contributed by atoms with Gasteiger partial charge in [-0.05, 0) is 56.0 Å². The molecular weight excluding hydrogens is 384 g/mol. The Morgan fingerprint density at radius 2 is 1.93 bits per heavy atom. The molecule has 2 amide bonds. The van der Waals surface area contributed by atoms with Crippen LogP contribution in [0.2, 0.25) is 0 Å². The van der Waals surface area contributed by atoms with Crippen LogP contribution in [0.3, 0.4) is 0 Å². The molecule has 6 heteroatoms. The van der Waals surface area contributed by atoms with Crippen molar-refractivity contribution < 1.29 is 14.3 Å². The van der Waals surface area contributed by atoms with Gasteiger partial charge in [-0.25, -0.2) is 0 Å². The Balaban J connectivity index is 1.29. The Morgan fingerprint density at radius 1 is 1.14 bits per heavy atom. The summed E-state index contributed by atoms with van der Waals surface area (Å²) in [7, 11) is 1.59. The molecule has 0 aromatic heterocycles. The molecule has 2 aromatic carbocycles. The van der Waals surface area contributed by atoms with Crippen molar-refractivity contribution in [1.82, 2.24) is 10.2 Å². The van der Waals surface area contributed by atoms with Crippen LogP contribution in [0.1, 0.15) is 34.3 Å². The number of benzene rings is 2. The molecule has 29 heavy (non-hydrogen) atoms. The molecule has 0 radical (unpaired) electrons. The molecule has 2 heterocycles. The van der Waals surface area contributed by atoms with E-state index >= 15 is 0 Å². The van der Waals surface area contributed by atoms with Crippen molar-refractivity contribution in [3.8, 4) is 5.75 Å². The average Bonchev–Trinajstić information content (AvgIpc) is 3.17. The third-order valence-electron chi connectivity index (χ3n) is 5.65. The highest BCUT2D eigenvalue weighted by Crippen LogP contribution is 2.38. The maximum Gasteiger partial charge on any atom is 0.251 e. The molecule has 1 saturated heterocycles. The molecule has 0 aliphatic carbocycles. The summed E-state index contributed by atoms with van der Waals surface area (Å²) in [6.07, 6.45) is 2.38. The molecule has 5 nitrogen and oxygen atoms in total. The molecule has 0 spiro atoms. The van der Waals surface area contributed by atoms with Gasteiger partial charge < -0.3 is 15.0 Å². The van der Waals surface area contributed by atoms with Crippen molar-refractivity contribution in [3.05, 3.63) is 59.2 Å². The van der Waals surface area contributed by atoms with E-state index in [2.05, 4.69) is 30.4 Å². The molecule has 4 rings (SSSR count). The summed E-state index contributed by atoms with van der Waals surface area (Å²) in [5.74, 6) is 0.801. The zero-order chi connectivity index (χ0) is 20.4. The standard InChI is InChI=1S/C23H26N2O3S/c1-15-6-7-16-14-21(29-20(16)12-15)23(27)25-10-8-18(9-11-25)24-22(26)17-4-3-5-19(13-17)28-2/h3-7,12-13,18,21H,8-11,14H2,1-2H3,(H,24,26)/t21-/m1/s1. The van der Waals surface area contributed by atoms with E-state index in [9.17, 15) is 9.59 Å². The quantitative estimate of drug-likeness (QED) is 0.839. The van der Waals surface area contributed by atoms with Crippen LogP contribution in [-0.2, 0) is 11.2 Å². The minimum absolute atomic E-state index is 0.0188. The van der Waals surface area contributed by atoms with E-state index in [1.54, 1.807) is 31.0 Å². The molecule has 0 saturated carbocycles. The molecule has 1 atom stereocenters. The fourth-order valence-electron chi connectivity index (χ4n) is 3.95. The number of aryl methyl sites for hydroxylation is 1. The number of ether oxygens (including phenoxy) is 1. The van der Waals surface area contributed by atoms with Gasteiger partial charge >= 0.3 is 0 Å². The summed E-state index contributed by atoms with van der Waals surface area (Å²) in [6, 6.07) is 13.7. The van der Waals surface area contributed by atoms with Crippen LogP contribution in [0.5, 0.6) is 5.75 Å². The molecule has 2 aromatic rings. The Hall–Kier alpha value is -2.47. The Labute approximate surface area is 175 Å². The lowest BCUT2D eigenvalue weighted by atomic mass is 10.0. The van der Waals surface area contributed by atoms with E-state index in [0.29, 0.717) is 24.4 Å². The number of likely N-dealkylation sites (tertiary alicyclic amines) is 1. The number of amides is 2. The monoisotopic (exact) mass is 410 g/mol. The Morgan fingerprint density at radius 3 is 2.69 bits per heavy atom. The molecule has 152 valence electrons. The van der Waals surface area contributed by atoms with Crippen LogP contribution in [0, 0.1) is 6.92 Å². The molecule has 2 aliphatic rings. The van der Waals surface area contributed by atoms with Crippen molar-refractivity contribution in [2.24, 2.45) is 0 Å². The predicted molar refractivity (Wildman–Crippen MR) is 115 cm³/mol. The third kappa shape index (κ3) is 4.42. The number of fused-ring (bicyclic) bond motifs is 1. The van der Waals surface area contributed by atoms with Crippen LogP contribution in [0.25, 0.3) is 0 Å². The molecule has 2 aliphatic heterocycles. The van der Waals surface area contributed by atoms with Gasteiger partial charge in [0.25, 0.3) is 5.91 Å². The third-order valence-corrected chi connectivity index (χ3v) is 6.93. The summed E-state index contributed by atoms with van der Waals surface area (Å²) in [6.45, 7) is 3.46. The lowest BCUT2D eigenvalue weighted by Crippen LogP contribution is -2.48. The zero-order valence-electron chi connectivity index (χ0n) is 16.8. The highest BCUT2D eigenvalue weighted by atomic mass is 32.2. The topological polar surface area (TPSA) is 58.6 Å². The van der Waals surface area contributed by atoms with Gasteiger partial charge in [0.15, 0.2) is 0 Å². The van der Waals surface area contributed by atoms with Crippen molar-refractivity contribution >= 4 is 23.6 Å². The number of hydrogen-bond donors (Lipinski definition) is 1. The summed E-state index contributed by atoms with van der Waals surface area (Å²) in [4.78, 5) is 28.7. The van der Waals surface area contributed by atoms with Crippen LogP contribution in [-0.4, -0.2) is 48.2 Å². The maximum atomic E-state index is 13.0. The number of piperidine rings is 1. The normalized spacial score (nSPS) is 19.0. The first-order chi connectivity index (χ1) is 14.0. The number of carbonyl (C=O) groups excluding carboxylic acids is 2. The van der Waals surface area contributed by atoms with E-state index in [1.165, 1.54) is 16.0 Å². The number of thioether (sulfide) groups is 1. The van der Waals surface area contributed by atoms with Gasteiger partial charge in [0, 0.05) is 29.6 Å². The average molecular weight is 411 g/mol. The maximum absolute atomic E-state index is 13.0. The predicted octanol–water partition coefficient (Wildman–Crippen LogP) is 3.44. The van der Waals surface area contributed by atoms with Crippen LogP contribution in [0.4, 0.5) is 0 Å². The fraction of sp³-hybridized carbons (Fsp3) is 0.391. The number of hydrogen-bond acceptors (Lipinski definition) is 4. The smallest absolute Gasteiger partial charge is 0.251 e. The van der Waals surface area contributed by atoms with Crippen molar-refractivity contribution in [3.63, 3.8) is 0 Å². The van der Waals surface area contributed by atoms with Gasteiger partial charge in [-0.1, -0.05) is 23.8 Å². The molecule has 0 unspecified atom stereocenters. The van der Waals surface area contributed by atoms with Gasteiger partial charge in [-0.3, -0.25) is 9.59 Å². The fourth-order valence-corrected chi connectivity index (χ4v) is 5.33. The van der Waals surface area contributed by atoms with Crippen LogP contribution >= 0.6 is 11.8 Å². The zero-order valence-corrected chi connectivity index (χ0v) is 17.6. The van der Waals surface area contributed by atoms with Crippen molar-refractivity contribution in [1.29, 1.82) is 0 Å². The summed E-state index contributed by atoms with van der Waals surface area (Å²) < 4.78 is 5.19. The minimum atomic E-state index is -0.0918. The number of nitrogens with one attached hydrogen (secondary N) is 1. The van der Waals surface area contributed by atoms with Gasteiger partial charge in [-0.15, -0.1) is 11.8 Å². The van der Waals surface area contributed by atoms with Gasteiger partial charge in [0.05, 0.1) is 12.4 Å². The first-order valence-electron chi connectivity index (χ1n) is 10.0. The lowest BCUT2D eigenvalue weighted by molar-refractivity contribution is -0.131. The summed E-state index contributed by atoms with van der Waals surface area (Å²) in [5, 5.41) is 3.08. The van der Waals surface area contributed by atoms with E-state index in [4.69, 9.17) is 4.74 Å². The number of nitrogens with zero attached hydrogens (tertiary/aromatic N) is 1. The van der Waals surface area contributed by atoms with E-state index in [1.807, 2.05) is 17.0 Å². The van der Waals surface area contributed by atoms with Crippen molar-refractivity contribution in [2.45, 2.75) is 42.4 Å². The summed E-state index contributed by atoms with van der Waals surface area (Å²) in [5.41, 5.74) is 3.11. The Bertz CT molecular complexity index is 922. The first kappa shape index (κ1) is 19.8. The van der Waals surface area contributed by atoms with Crippen LogP contribution in [0.15, 0.2) is 47.4 Å². The largest absolute Gasteiger partial charge is 0.497 e. The second-order valence-electron chi connectivity index (χ2n) is 7.73. The SMILES string of the molecule is COc1cccc(C(=O)NC2CCN(C(=O)[C@H]3Cc4ccc(C)cc4S3)CC2)c1. The minimum Gasteiger partial charge on any atom is -0.497 e. The number of carbonyl (C=O) groups is 2.